The molecular weight excluding hydrogens is 418 g/mol. The topological polar surface area (TPSA) is 89.6 Å². The lowest BCUT2D eigenvalue weighted by Crippen LogP contribution is -2.39. The lowest BCUT2D eigenvalue weighted by molar-refractivity contribution is -0.118. The molecule has 2 aromatic rings. The molecule has 2 aliphatic heterocycles. The van der Waals surface area contributed by atoms with Crippen LogP contribution < -0.4 is 20.1 Å². The third-order valence-electron chi connectivity index (χ3n) is 6.37. The van der Waals surface area contributed by atoms with Crippen molar-refractivity contribution in [2.75, 3.05) is 12.1 Å². The number of carbonyl (C=O) groups excluding carboxylic acids is 2. The van der Waals surface area contributed by atoms with Crippen LogP contribution in [0.2, 0.25) is 0 Å². The Hall–Kier alpha value is -3.61. The van der Waals surface area contributed by atoms with Crippen molar-refractivity contribution in [3.8, 4) is 11.5 Å². The average molecular weight is 446 g/mol. The summed E-state index contributed by atoms with van der Waals surface area (Å²) in [6.07, 6.45) is 2.88. The van der Waals surface area contributed by atoms with Crippen LogP contribution >= 0.6 is 0 Å². The number of benzene rings is 1. The molecule has 1 unspecified atom stereocenters. The molecule has 0 saturated heterocycles. The van der Waals surface area contributed by atoms with Gasteiger partial charge in [-0.15, -0.1) is 0 Å². The fourth-order valence-electron chi connectivity index (χ4n) is 4.89. The molecule has 0 radical (unpaired) electrons. The van der Waals surface area contributed by atoms with Gasteiger partial charge in [0.2, 0.25) is 6.79 Å². The number of ketones is 1. The number of aromatic nitrogens is 1. The van der Waals surface area contributed by atoms with Gasteiger partial charge in [-0.3, -0.25) is 9.59 Å². The van der Waals surface area contributed by atoms with Crippen LogP contribution in [0.3, 0.4) is 0 Å². The van der Waals surface area contributed by atoms with Crippen LogP contribution in [0.1, 0.15) is 50.7 Å². The Kier molecular flexibility index (Phi) is 5.00. The second-order valence-electron chi connectivity index (χ2n) is 9.72. The van der Waals surface area contributed by atoms with E-state index < -0.39 is 5.92 Å². The second kappa shape index (κ2) is 7.76. The Bertz CT molecular complexity index is 1220. The van der Waals surface area contributed by atoms with Crippen molar-refractivity contribution >= 4 is 17.5 Å². The zero-order chi connectivity index (χ0) is 23.3. The first-order valence-electron chi connectivity index (χ1n) is 11.1. The summed E-state index contributed by atoms with van der Waals surface area (Å²) in [7, 11) is 0. The van der Waals surface area contributed by atoms with E-state index in [-0.39, 0.29) is 23.9 Å². The molecule has 1 amide bonds. The van der Waals surface area contributed by atoms with Crippen LogP contribution in [0.25, 0.3) is 0 Å². The molecule has 0 spiro atoms. The zero-order valence-corrected chi connectivity index (χ0v) is 19.2. The normalized spacial score (nSPS) is 21.0. The molecule has 7 nitrogen and oxygen atoms in total. The van der Waals surface area contributed by atoms with Gasteiger partial charge >= 0.3 is 0 Å². The van der Waals surface area contributed by atoms with E-state index in [1.54, 1.807) is 12.3 Å². The van der Waals surface area contributed by atoms with E-state index in [1.165, 1.54) is 0 Å². The van der Waals surface area contributed by atoms with E-state index in [2.05, 4.69) is 29.5 Å². The van der Waals surface area contributed by atoms with Gasteiger partial charge in [-0.05, 0) is 55.0 Å². The third kappa shape index (κ3) is 3.88. The summed E-state index contributed by atoms with van der Waals surface area (Å²) in [6.45, 7) is 8.17. The van der Waals surface area contributed by atoms with Gasteiger partial charge in [0.1, 0.15) is 5.82 Å². The van der Waals surface area contributed by atoms with Gasteiger partial charge in [-0.25, -0.2) is 4.98 Å². The fourth-order valence-corrected chi connectivity index (χ4v) is 4.89. The third-order valence-corrected chi connectivity index (χ3v) is 6.37. The zero-order valence-electron chi connectivity index (χ0n) is 19.2. The number of fused-ring (bicyclic) bond motifs is 1. The highest BCUT2D eigenvalue weighted by Gasteiger charge is 2.43. The van der Waals surface area contributed by atoms with Gasteiger partial charge in [-0.1, -0.05) is 26.0 Å². The summed E-state index contributed by atoms with van der Waals surface area (Å²) < 4.78 is 11.1. The number of anilines is 1. The highest BCUT2D eigenvalue weighted by molar-refractivity contribution is 6.09. The van der Waals surface area contributed by atoms with Crippen LogP contribution in [0.4, 0.5) is 5.82 Å². The Morgan fingerprint density at radius 3 is 2.67 bits per heavy atom. The van der Waals surface area contributed by atoms with Crippen molar-refractivity contribution in [2.24, 2.45) is 5.41 Å². The van der Waals surface area contributed by atoms with E-state index in [1.807, 2.05) is 38.1 Å². The molecule has 3 aliphatic rings. The van der Waals surface area contributed by atoms with E-state index in [9.17, 15) is 9.59 Å². The summed E-state index contributed by atoms with van der Waals surface area (Å²) in [5, 5.41) is 6.29. The number of pyridine rings is 1. The second-order valence-corrected chi connectivity index (χ2v) is 9.72. The monoisotopic (exact) mass is 445 g/mol. The van der Waals surface area contributed by atoms with Gasteiger partial charge in [0, 0.05) is 41.1 Å². The van der Waals surface area contributed by atoms with E-state index in [0.29, 0.717) is 34.9 Å². The first-order valence-corrected chi connectivity index (χ1v) is 11.1. The van der Waals surface area contributed by atoms with Crippen LogP contribution in [0, 0.1) is 12.3 Å². The summed E-state index contributed by atoms with van der Waals surface area (Å²) in [4.78, 5) is 31.3. The molecule has 3 heterocycles. The average Bonchev–Trinajstić information content (AvgIpc) is 3.21. The number of hydrogen-bond donors (Lipinski definition) is 2. The standard InChI is InChI=1S/C26H27N3O4/c1-14-5-8-21(27-12-14)29-25(31)22-15(2)28-17-10-26(3,4)11-18(30)24(17)23(22)16-6-7-19-20(9-16)33-13-32-19/h5-9,12,23,28H,10-11,13H2,1-4H3,(H,27,29,31). The van der Waals surface area contributed by atoms with Crippen LogP contribution in [-0.2, 0) is 9.59 Å². The molecule has 7 heteroatoms. The minimum atomic E-state index is -0.509. The molecule has 0 fully saturated rings. The van der Waals surface area contributed by atoms with E-state index in [0.717, 1.165) is 28.9 Å². The van der Waals surface area contributed by atoms with Crippen molar-refractivity contribution < 1.29 is 19.1 Å². The van der Waals surface area contributed by atoms with Crippen molar-refractivity contribution in [3.05, 3.63) is 70.2 Å². The largest absolute Gasteiger partial charge is 0.454 e. The van der Waals surface area contributed by atoms with Crippen LogP contribution in [-0.4, -0.2) is 23.5 Å². The minimum absolute atomic E-state index is 0.0580. The van der Waals surface area contributed by atoms with Crippen molar-refractivity contribution in [3.63, 3.8) is 0 Å². The predicted octanol–water partition coefficient (Wildman–Crippen LogP) is 4.36. The summed E-state index contributed by atoms with van der Waals surface area (Å²) in [5.74, 6) is 1.00. The fraction of sp³-hybridized carbons (Fsp3) is 0.346. The van der Waals surface area contributed by atoms with Gasteiger partial charge in [0.05, 0.1) is 0 Å². The highest BCUT2D eigenvalue weighted by atomic mass is 16.7. The summed E-state index contributed by atoms with van der Waals surface area (Å²) in [5.41, 5.74) is 4.46. The lowest BCUT2D eigenvalue weighted by atomic mass is 9.68. The summed E-state index contributed by atoms with van der Waals surface area (Å²) in [6, 6.07) is 9.29. The van der Waals surface area contributed by atoms with Gasteiger partial charge < -0.3 is 20.1 Å². The molecule has 170 valence electrons. The predicted molar refractivity (Wildman–Crippen MR) is 124 cm³/mol. The Morgan fingerprint density at radius 1 is 1.12 bits per heavy atom. The molecule has 1 aliphatic carbocycles. The van der Waals surface area contributed by atoms with E-state index >= 15 is 0 Å². The molecule has 0 bridgehead atoms. The Balaban J connectivity index is 1.60. The van der Waals surface area contributed by atoms with Crippen LogP contribution in [0.5, 0.6) is 11.5 Å². The molecular formula is C26H27N3O4. The molecule has 2 N–H and O–H groups in total. The SMILES string of the molecule is CC1=C(C(=O)Nc2ccc(C)cn2)C(c2ccc3c(c2)OCO3)C2=C(CC(C)(C)CC2=O)N1. The maximum absolute atomic E-state index is 13.6. The molecule has 1 atom stereocenters. The van der Waals surface area contributed by atoms with Crippen molar-refractivity contribution in [1.82, 2.24) is 10.3 Å². The number of dihydropyridines is 1. The summed E-state index contributed by atoms with van der Waals surface area (Å²) >= 11 is 0. The number of nitrogens with one attached hydrogen (secondary N) is 2. The first-order chi connectivity index (χ1) is 15.7. The van der Waals surface area contributed by atoms with Crippen molar-refractivity contribution in [1.29, 1.82) is 0 Å². The lowest BCUT2D eigenvalue weighted by Gasteiger charge is -2.39. The number of hydrogen-bond acceptors (Lipinski definition) is 6. The number of rotatable bonds is 3. The Labute approximate surface area is 192 Å². The number of aryl methyl sites for hydroxylation is 1. The number of ether oxygens (including phenoxy) is 2. The molecule has 1 aromatic heterocycles. The Morgan fingerprint density at radius 2 is 1.91 bits per heavy atom. The number of amides is 1. The number of nitrogens with zero attached hydrogens (tertiary/aromatic N) is 1. The first kappa shape index (κ1) is 21.2. The highest BCUT2D eigenvalue weighted by Crippen LogP contribution is 2.48. The minimum Gasteiger partial charge on any atom is -0.454 e. The number of carbonyl (C=O) groups is 2. The smallest absolute Gasteiger partial charge is 0.255 e. The quantitative estimate of drug-likeness (QED) is 0.730. The van der Waals surface area contributed by atoms with Gasteiger partial charge in [-0.2, -0.15) is 0 Å². The maximum atomic E-state index is 13.6. The molecule has 1 aromatic carbocycles. The van der Waals surface area contributed by atoms with Gasteiger partial charge in [0.25, 0.3) is 5.91 Å². The molecule has 33 heavy (non-hydrogen) atoms. The van der Waals surface area contributed by atoms with Crippen molar-refractivity contribution in [2.45, 2.75) is 46.5 Å². The number of allylic oxidation sites excluding steroid dienone is 3. The van der Waals surface area contributed by atoms with Gasteiger partial charge in [0.15, 0.2) is 17.3 Å². The van der Waals surface area contributed by atoms with Crippen LogP contribution in [0.15, 0.2) is 59.1 Å². The van der Waals surface area contributed by atoms with E-state index in [4.69, 9.17) is 9.47 Å². The molecule has 5 rings (SSSR count). The number of Topliss-reactive ketones (excluding diaryl/α,β-unsaturated/α-hetero) is 1. The molecule has 0 saturated carbocycles. The maximum Gasteiger partial charge on any atom is 0.255 e.